The number of carbonyl (C=O) groups is 1. The van der Waals surface area contributed by atoms with Crippen molar-refractivity contribution in [3.05, 3.63) is 89.2 Å². The van der Waals surface area contributed by atoms with Crippen LogP contribution >= 0.6 is 23.4 Å². The number of carbonyl (C=O) groups excluding carboxylic acids is 1. The molecule has 160 valence electrons. The van der Waals surface area contributed by atoms with E-state index in [4.69, 9.17) is 11.6 Å². The molecule has 1 N–H and O–H groups in total. The summed E-state index contributed by atoms with van der Waals surface area (Å²) in [5.74, 6) is 0.571. The maximum atomic E-state index is 12.3. The molecular weight excluding hydrogens is 444 g/mol. The van der Waals surface area contributed by atoms with Gasteiger partial charge in [0.05, 0.1) is 12.0 Å². The van der Waals surface area contributed by atoms with Crippen LogP contribution < -0.4 is 5.43 Å². The number of hydrogen-bond acceptors (Lipinski definition) is 6. The number of benzene rings is 2. The van der Waals surface area contributed by atoms with Gasteiger partial charge in [0.2, 0.25) is 0 Å². The van der Waals surface area contributed by atoms with Gasteiger partial charge in [-0.2, -0.15) is 5.10 Å². The third-order valence-corrected chi connectivity index (χ3v) is 5.65. The Bertz CT molecular complexity index is 1220. The highest BCUT2D eigenvalue weighted by molar-refractivity contribution is 7.99. The topological polar surface area (TPSA) is 85.1 Å². The maximum Gasteiger partial charge on any atom is 0.250 e. The molecule has 4 rings (SSSR count). The van der Waals surface area contributed by atoms with Crippen LogP contribution in [0.15, 0.2) is 83.3 Å². The van der Waals surface area contributed by atoms with Crippen LogP contribution in [-0.4, -0.2) is 37.6 Å². The minimum atomic E-state index is -0.247. The molecule has 7 nitrogen and oxygen atoms in total. The number of pyridine rings is 1. The Morgan fingerprint density at radius 1 is 1.06 bits per heavy atom. The van der Waals surface area contributed by atoms with E-state index in [0.29, 0.717) is 16.0 Å². The first kappa shape index (κ1) is 21.7. The highest BCUT2D eigenvalue weighted by atomic mass is 35.5. The van der Waals surface area contributed by atoms with Gasteiger partial charge < -0.3 is 0 Å². The second-order valence-corrected chi connectivity index (χ2v) is 8.23. The van der Waals surface area contributed by atoms with Gasteiger partial charge in [-0.1, -0.05) is 53.2 Å². The lowest BCUT2D eigenvalue weighted by atomic mass is 10.1. The van der Waals surface area contributed by atoms with Gasteiger partial charge in [-0.25, -0.2) is 5.43 Å². The average molecular weight is 463 g/mol. The number of nitrogens with zero attached hydrogens (tertiary/aromatic N) is 5. The number of aryl methyl sites for hydroxylation is 1. The van der Waals surface area contributed by atoms with Crippen molar-refractivity contribution in [1.82, 2.24) is 25.2 Å². The Morgan fingerprint density at radius 3 is 2.50 bits per heavy atom. The Hall–Kier alpha value is -3.49. The van der Waals surface area contributed by atoms with Gasteiger partial charge in [0.15, 0.2) is 11.0 Å². The predicted molar refractivity (Wildman–Crippen MR) is 127 cm³/mol. The molecule has 0 radical (unpaired) electrons. The van der Waals surface area contributed by atoms with Crippen molar-refractivity contribution in [2.24, 2.45) is 5.10 Å². The van der Waals surface area contributed by atoms with Crippen LogP contribution in [0.2, 0.25) is 5.02 Å². The fraction of sp³-hybridized carbons (Fsp3) is 0.0870. The van der Waals surface area contributed by atoms with Crippen molar-refractivity contribution in [2.75, 3.05) is 5.75 Å². The Morgan fingerprint density at radius 2 is 1.78 bits per heavy atom. The lowest BCUT2D eigenvalue weighted by molar-refractivity contribution is -0.118. The number of amides is 1. The van der Waals surface area contributed by atoms with Crippen LogP contribution in [0.3, 0.4) is 0 Å². The molecule has 32 heavy (non-hydrogen) atoms. The van der Waals surface area contributed by atoms with Gasteiger partial charge in [0, 0.05) is 28.7 Å². The number of hydrazone groups is 1. The molecule has 2 aromatic heterocycles. The van der Waals surface area contributed by atoms with E-state index in [2.05, 4.69) is 25.7 Å². The minimum Gasteiger partial charge on any atom is -0.272 e. The van der Waals surface area contributed by atoms with E-state index < -0.39 is 0 Å². The molecule has 0 fully saturated rings. The highest BCUT2D eigenvalue weighted by Gasteiger charge is 2.17. The van der Waals surface area contributed by atoms with Crippen molar-refractivity contribution in [2.45, 2.75) is 12.1 Å². The number of rotatable bonds is 7. The molecule has 9 heteroatoms. The third-order valence-electron chi connectivity index (χ3n) is 4.47. The first-order chi connectivity index (χ1) is 15.6. The molecular formula is C23H19ClN6OS. The number of thioether (sulfide) groups is 1. The van der Waals surface area contributed by atoms with E-state index in [9.17, 15) is 4.79 Å². The van der Waals surface area contributed by atoms with E-state index in [-0.39, 0.29) is 11.7 Å². The van der Waals surface area contributed by atoms with Gasteiger partial charge in [0.25, 0.3) is 5.91 Å². The summed E-state index contributed by atoms with van der Waals surface area (Å²) in [6.07, 6.45) is 4.89. The fourth-order valence-corrected chi connectivity index (χ4v) is 3.74. The third kappa shape index (κ3) is 5.40. The lowest BCUT2D eigenvalue weighted by Gasteiger charge is -2.10. The number of nitrogens with one attached hydrogen (secondary N) is 1. The summed E-state index contributed by atoms with van der Waals surface area (Å²) in [7, 11) is 0. The van der Waals surface area contributed by atoms with Crippen molar-refractivity contribution in [3.63, 3.8) is 0 Å². The second kappa shape index (κ2) is 10.2. The van der Waals surface area contributed by atoms with Gasteiger partial charge in [-0.05, 0) is 48.9 Å². The molecule has 0 aliphatic heterocycles. The summed E-state index contributed by atoms with van der Waals surface area (Å²) < 4.78 is 1.92. The van der Waals surface area contributed by atoms with Crippen LogP contribution in [0.1, 0.15) is 11.1 Å². The van der Waals surface area contributed by atoms with Gasteiger partial charge >= 0.3 is 0 Å². The van der Waals surface area contributed by atoms with E-state index >= 15 is 0 Å². The molecule has 0 bridgehead atoms. The summed E-state index contributed by atoms with van der Waals surface area (Å²) in [5, 5.41) is 13.9. The Kier molecular flexibility index (Phi) is 6.94. The second-order valence-electron chi connectivity index (χ2n) is 6.85. The molecule has 0 atom stereocenters. The zero-order valence-corrected chi connectivity index (χ0v) is 18.7. The van der Waals surface area contributed by atoms with Crippen LogP contribution in [0.4, 0.5) is 0 Å². The van der Waals surface area contributed by atoms with Crippen LogP contribution in [0.25, 0.3) is 17.1 Å². The van der Waals surface area contributed by atoms with Crippen molar-refractivity contribution in [3.8, 4) is 17.1 Å². The van der Waals surface area contributed by atoms with E-state index in [1.807, 2.05) is 60.0 Å². The van der Waals surface area contributed by atoms with Crippen molar-refractivity contribution in [1.29, 1.82) is 0 Å². The SMILES string of the molecule is Cc1ccc(-c2nnc(SCC(=O)NN=Cc3ccncc3)n2-c2ccc(Cl)cc2)cc1. The van der Waals surface area contributed by atoms with Gasteiger partial charge in [0.1, 0.15) is 0 Å². The summed E-state index contributed by atoms with van der Waals surface area (Å²) in [6.45, 7) is 2.03. The van der Waals surface area contributed by atoms with Crippen LogP contribution in [0.5, 0.6) is 0 Å². The lowest BCUT2D eigenvalue weighted by Crippen LogP contribution is -2.20. The van der Waals surface area contributed by atoms with Gasteiger partial charge in [-0.3, -0.25) is 14.3 Å². The summed E-state index contributed by atoms with van der Waals surface area (Å²) >= 11 is 7.35. The molecule has 0 aliphatic rings. The molecule has 0 saturated heterocycles. The zero-order valence-electron chi connectivity index (χ0n) is 17.1. The first-order valence-corrected chi connectivity index (χ1v) is 11.1. The summed E-state index contributed by atoms with van der Waals surface area (Å²) in [5.41, 5.74) is 6.31. The summed E-state index contributed by atoms with van der Waals surface area (Å²) in [6, 6.07) is 19.1. The molecule has 0 aliphatic carbocycles. The quantitative estimate of drug-likeness (QED) is 0.248. The van der Waals surface area contributed by atoms with Crippen LogP contribution in [0, 0.1) is 6.92 Å². The van der Waals surface area contributed by atoms with E-state index in [1.165, 1.54) is 11.8 Å². The molecule has 2 heterocycles. The normalized spacial score (nSPS) is 11.1. The largest absolute Gasteiger partial charge is 0.272 e. The van der Waals surface area contributed by atoms with Crippen LogP contribution in [-0.2, 0) is 4.79 Å². The predicted octanol–water partition coefficient (Wildman–Crippen LogP) is 4.53. The molecule has 2 aromatic carbocycles. The van der Waals surface area contributed by atoms with E-state index in [1.54, 1.807) is 30.7 Å². The fourth-order valence-electron chi connectivity index (χ4n) is 2.87. The smallest absolute Gasteiger partial charge is 0.250 e. The zero-order chi connectivity index (χ0) is 22.3. The van der Waals surface area contributed by atoms with Crippen molar-refractivity contribution < 1.29 is 4.79 Å². The van der Waals surface area contributed by atoms with Crippen molar-refractivity contribution >= 4 is 35.5 Å². The molecule has 4 aromatic rings. The molecule has 1 amide bonds. The average Bonchev–Trinajstić information content (AvgIpc) is 3.23. The highest BCUT2D eigenvalue weighted by Crippen LogP contribution is 2.28. The minimum absolute atomic E-state index is 0.132. The first-order valence-electron chi connectivity index (χ1n) is 9.73. The Labute approximate surface area is 194 Å². The standard InChI is InChI=1S/C23H19ClN6OS/c1-16-2-4-18(5-3-16)22-28-29-23(30(22)20-8-6-19(24)7-9-20)32-15-21(31)27-26-14-17-10-12-25-13-11-17/h2-14H,15H2,1H3,(H,27,31). The molecule has 0 saturated carbocycles. The monoisotopic (exact) mass is 462 g/mol. The number of halogens is 1. The summed E-state index contributed by atoms with van der Waals surface area (Å²) in [4.78, 5) is 16.2. The van der Waals surface area contributed by atoms with Gasteiger partial charge in [-0.15, -0.1) is 10.2 Å². The maximum absolute atomic E-state index is 12.3. The Balaban J connectivity index is 1.53. The number of aromatic nitrogens is 4. The molecule has 0 unspecified atom stereocenters. The molecule has 0 spiro atoms. The van der Waals surface area contributed by atoms with E-state index in [0.717, 1.165) is 22.4 Å². The number of hydrogen-bond donors (Lipinski definition) is 1.